The topological polar surface area (TPSA) is 44.8 Å². The van der Waals surface area contributed by atoms with Gasteiger partial charge in [-0.25, -0.2) is 0 Å². The summed E-state index contributed by atoms with van der Waals surface area (Å²) in [5, 5.41) is 3.02. The molecule has 27 heavy (non-hydrogen) atoms. The van der Waals surface area contributed by atoms with E-state index in [2.05, 4.69) is 39.4 Å². The first-order chi connectivity index (χ1) is 13.0. The largest absolute Gasteiger partial charge is 0.378 e. The summed E-state index contributed by atoms with van der Waals surface area (Å²) in [6.07, 6.45) is 0. The Bertz CT molecular complexity index is 772. The molecule has 5 nitrogen and oxygen atoms in total. The second-order valence-electron chi connectivity index (χ2n) is 7.18. The van der Waals surface area contributed by atoms with Crippen LogP contribution in [0, 0.1) is 6.92 Å². The normalized spacial score (nSPS) is 15.6. The second-order valence-corrected chi connectivity index (χ2v) is 7.18. The molecule has 1 N–H and O–H groups in total. The number of likely N-dealkylation sites (N-methyl/N-ethyl adjacent to an activating group) is 1. The van der Waals surface area contributed by atoms with Gasteiger partial charge in [0.15, 0.2) is 0 Å². The summed E-state index contributed by atoms with van der Waals surface area (Å²) in [6.45, 7) is 8.03. The van der Waals surface area contributed by atoms with E-state index in [1.165, 1.54) is 11.3 Å². The van der Waals surface area contributed by atoms with Crippen molar-refractivity contribution in [3.05, 3.63) is 59.7 Å². The Morgan fingerprint density at radius 3 is 2.67 bits per heavy atom. The Morgan fingerprint density at radius 1 is 1.19 bits per heavy atom. The zero-order chi connectivity index (χ0) is 19.2. The number of nitrogens with zero attached hydrogens (tertiary/aromatic N) is 2. The molecule has 1 amide bonds. The van der Waals surface area contributed by atoms with Crippen molar-refractivity contribution in [1.29, 1.82) is 0 Å². The van der Waals surface area contributed by atoms with Crippen LogP contribution in [-0.4, -0.2) is 50.2 Å². The minimum Gasteiger partial charge on any atom is -0.378 e. The van der Waals surface area contributed by atoms with Crippen LogP contribution < -0.4 is 10.2 Å². The molecule has 0 saturated carbocycles. The number of carbonyl (C=O) groups is 1. The summed E-state index contributed by atoms with van der Waals surface area (Å²) in [6, 6.07) is 16.1. The van der Waals surface area contributed by atoms with Gasteiger partial charge in [0, 0.05) is 31.0 Å². The molecule has 2 aromatic carbocycles. The standard InChI is InChI=1S/C22H29N3O2/c1-17-7-6-9-20(15-17)23-22(26)18(2)24(3)16-19-8-4-5-10-21(19)25-11-13-27-14-12-25/h4-10,15,18H,11-14,16H2,1-3H3,(H,23,26)/t18-/m1/s1. The molecule has 0 spiro atoms. The van der Waals surface area contributed by atoms with Crippen LogP contribution in [0.2, 0.25) is 0 Å². The fourth-order valence-electron chi connectivity index (χ4n) is 3.33. The molecule has 1 aliphatic rings. The minimum atomic E-state index is -0.233. The van der Waals surface area contributed by atoms with Crippen molar-refractivity contribution in [3.8, 4) is 0 Å². The number of benzene rings is 2. The second kappa shape index (κ2) is 9.02. The molecule has 0 unspecified atom stereocenters. The average molecular weight is 367 g/mol. The molecular formula is C22H29N3O2. The maximum Gasteiger partial charge on any atom is 0.241 e. The number of amides is 1. The van der Waals surface area contributed by atoms with E-state index in [0.29, 0.717) is 0 Å². The van der Waals surface area contributed by atoms with Gasteiger partial charge in [-0.3, -0.25) is 9.69 Å². The van der Waals surface area contributed by atoms with Crippen LogP contribution >= 0.6 is 0 Å². The van der Waals surface area contributed by atoms with Crippen LogP contribution in [0.3, 0.4) is 0 Å². The number of ether oxygens (including phenoxy) is 1. The summed E-state index contributed by atoms with van der Waals surface area (Å²) >= 11 is 0. The average Bonchev–Trinajstić information content (AvgIpc) is 2.68. The maximum atomic E-state index is 12.7. The van der Waals surface area contributed by atoms with E-state index in [4.69, 9.17) is 4.74 Å². The van der Waals surface area contributed by atoms with Crippen LogP contribution in [-0.2, 0) is 16.1 Å². The highest BCUT2D eigenvalue weighted by molar-refractivity contribution is 5.94. The van der Waals surface area contributed by atoms with E-state index in [1.54, 1.807) is 0 Å². The maximum absolute atomic E-state index is 12.7. The molecule has 0 radical (unpaired) electrons. The molecule has 3 rings (SSSR count). The van der Waals surface area contributed by atoms with Gasteiger partial charge >= 0.3 is 0 Å². The van der Waals surface area contributed by atoms with E-state index in [9.17, 15) is 4.79 Å². The van der Waals surface area contributed by atoms with Gasteiger partial charge in [0.2, 0.25) is 5.91 Å². The number of rotatable bonds is 6. The van der Waals surface area contributed by atoms with Crippen LogP contribution in [0.15, 0.2) is 48.5 Å². The first kappa shape index (κ1) is 19.4. The first-order valence-corrected chi connectivity index (χ1v) is 9.53. The van der Waals surface area contributed by atoms with Gasteiger partial charge in [-0.2, -0.15) is 0 Å². The van der Waals surface area contributed by atoms with Gasteiger partial charge < -0.3 is 15.0 Å². The Morgan fingerprint density at radius 2 is 1.93 bits per heavy atom. The van der Waals surface area contributed by atoms with Gasteiger partial charge in [0.1, 0.15) is 0 Å². The highest BCUT2D eigenvalue weighted by Gasteiger charge is 2.21. The third-order valence-electron chi connectivity index (χ3n) is 5.09. The van der Waals surface area contributed by atoms with Crippen molar-refractivity contribution in [1.82, 2.24) is 4.90 Å². The third kappa shape index (κ3) is 5.08. The highest BCUT2D eigenvalue weighted by atomic mass is 16.5. The van der Waals surface area contributed by atoms with Crippen LogP contribution in [0.25, 0.3) is 0 Å². The van der Waals surface area contributed by atoms with Crippen molar-refractivity contribution in [2.24, 2.45) is 0 Å². The monoisotopic (exact) mass is 367 g/mol. The smallest absolute Gasteiger partial charge is 0.241 e. The number of carbonyl (C=O) groups excluding carboxylic acids is 1. The molecule has 1 saturated heterocycles. The molecule has 1 fully saturated rings. The molecule has 144 valence electrons. The third-order valence-corrected chi connectivity index (χ3v) is 5.09. The van der Waals surface area contributed by atoms with Gasteiger partial charge in [-0.15, -0.1) is 0 Å². The first-order valence-electron chi connectivity index (χ1n) is 9.53. The molecule has 5 heteroatoms. The lowest BCUT2D eigenvalue weighted by Gasteiger charge is -2.32. The number of hydrogen-bond donors (Lipinski definition) is 1. The van der Waals surface area contributed by atoms with Gasteiger partial charge in [0.05, 0.1) is 19.3 Å². The zero-order valence-corrected chi connectivity index (χ0v) is 16.4. The van der Waals surface area contributed by atoms with Crippen molar-refractivity contribution in [3.63, 3.8) is 0 Å². The van der Waals surface area contributed by atoms with E-state index in [0.717, 1.165) is 44.1 Å². The molecule has 0 aromatic heterocycles. The fourth-order valence-corrected chi connectivity index (χ4v) is 3.33. The molecule has 0 aliphatic carbocycles. The Hall–Kier alpha value is -2.37. The van der Waals surface area contributed by atoms with Crippen LogP contribution in [0.5, 0.6) is 0 Å². The quantitative estimate of drug-likeness (QED) is 0.851. The Kier molecular flexibility index (Phi) is 6.48. The lowest BCUT2D eigenvalue weighted by Crippen LogP contribution is -2.40. The number of nitrogens with one attached hydrogen (secondary N) is 1. The van der Waals surface area contributed by atoms with Crippen LogP contribution in [0.1, 0.15) is 18.1 Å². The van der Waals surface area contributed by atoms with E-state index < -0.39 is 0 Å². The van der Waals surface area contributed by atoms with Crippen LogP contribution in [0.4, 0.5) is 11.4 Å². The molecule has 1 aliphatic heterocycles. The predicted octanol–water partition coefficient (Wildman–Crippen LogP) is 3.29. The van der Waals surface area contributed by atoms with E-state index in [-0.39, 0.29) is 11.9 Å². The Balaban J connectivity index is 1.65. The molecule has 1 heterocycles. The lowest BCUT2D eigenvalue weighted by atomic mass is 10.1. The zero-order valence-electron chi connectivity index (χ0n) is 16.4. The molecular weight excluding hydrogens is 338 g/mol. The summed E-state index contributed by atoms with van der Waals surface area (Å²) in [4.78, 5) is 17.1. The fraction of sp³-hybridized carbons (Fsp3) is 0.409. The number of anilines is 2. The summed E-state index contributed by atoms with van der Waals surface area (Å²) < 4.78 is 5.47. The summed E-state index contributed by atoms with van der Waals surface area (Å²) in [5.74, 6) is 0.00644. The molecule has 1 atom stereocenters. The summed E-state index contributed by atoms with van der Waals surface area (Å²) in [7, 11) is 2.00. The van der Waals surface area contributed by atoms with Gasteiger partial charge in [-0.05, 0) is 50.2 Å². The van der Waals surface area contributed by atoms with Crippen molar-refractivity contribution < 1.29 is 9.53 Å². The SMILES string of the molecule is Cc1cccc(NC(=O)[C@@H](C)N(C)Cc2ccccc2N2CCOCC2)c1. The highest BCUT2D eigenvalue weighted by Crippen LogP contribution is 2.23. The van der Waals surface area contributed by atoms with Gasteiger partial charge in [0.25, 0.3) is 0 Å². The Labute approximate surface area is 161 Å². The van der Waals surface area contributed by atoms with Gasteiger partial charge in [-0.1, -0.05) is 30.3 Å². The number of morpholine rings is 1. The molecule has 2 aromatic rings. The van der Waals surface area contributed by atoms with Crippen molar-refractivity contribution in [2.45, 2.75) is 26.4 Å². The predicted molar refractivity (Wildman–Crippen MR) is 110 cm³/mol. The van der Waals surface area contributed by atoms with E-state index in [1.807, 2.05) is 45.2 Å². The van der Waals surface area contributed by atoms with Crippen molar-refractivity contribution >= 4 is 17.3 Å². The lowest BCUT2D eigenvalue weighted by molar-refractivity contribution is -0.120. The number of aryl methyl sites for hydroxylation is 1. The van der Waals surface area contributed by atoms with E-state index >= 15 is 0 Å². The minimum absolute atomic E-state index is 0.00644. The number of para-hydroxylation sites is 1. The van der Waals surface area contributed by atoms with Crippen molar-refractivity contribution in [2.75, 3.05) is 43.6 Å². The molecule has 0 bridgehead atoms. The summed E-state index contributed by atoms with van der Waals surface area (Å²) in [5.41, 5.74) is 4.44. The number of hydrogen-bond acceptors (Lipinski definition) is 4.